The number of fused-ring (bicyclic) bond motifs is 4. The van der Waals surface area contributed by atoms with E-state index in [9.17, 15) is 22.8 Å². The average molecular weight is 628 g/mol. The van der Waals surface area contributed by atoms with Crippen LogP contribution in [0.3, 0.4) is 0 Å². The monoisotopic (exact) mass is 627 g/mol. The Morgan fingerprint density at radius 1 is 1.11 bits per heavy atom. The van der Waals surface area contributed by atoms with E-state index >= 15 is 0 Å². The molecule has 0 aliphatic carbocycles. The summed E-state index contributed by atoms with van der Waals surface area (Å²) in [4.78, 5) is 31.1. The van der Waals surface area contributed by atoms with E-state index in [1.54, 1.807) is 30.2 Å². The number of allylic oxidation sites excluding steroid dienone is 1. The number of hydrogen-bond donors (Lipinski definition) is 3. The number of nitrogens with one attached hydrogen (secondary N) is 1. The minimum Gasteiger partial charge on any atom is -0.393 e. The predicted octanol–water partition coefficient (Wildman–Crippen LogP) is 4.75. The molecule has 3 aromatic heterocycles. The van der Waals surface area contributed by atoms with E-state index in [1.165, 1.54) is 35.1 Å². The molecule has 0 spiro atoms. The van der Waals surface area contributed by atoms with Crippen LogP contribution in [0.5, 0.6) is 0 Å². The Morgan fingerprint density at radius 2 is 1.89 bits per heavy atom. The molecule has 1 aromatic carbocycles. The van der Waals surface area contributed by atoms with Gasteiger partial charge in [-0.1, -0.05) is 24.9 Å². The van der Waals surface area contributed by atoms with E-state index in [0.717, 1.165) is 5.56 Å². The van der Waals surface area contributed by atoms with Gasteiger partial charge in [0.05, 0.1) is 41.2 Å². The number of alkyl halides is 3. The zero-order chi connectivity index (χ0) is 31.8. The van der Waals surface area contributed by atoms with Gasteiger partial charge < -0.3 is 11.1 Å². The van der Waals surface area contributed by atoms with Crippen LogP contribution in [0.1, 0.15) is 37.9 Å². The molecule has 4 aromatic rings. The van der Waals surface area contributed by atoms with E-state index in [0.29, 0.717) is 47.5 Å². The molecule has 1 aliphatic rings. The minimum atomic E-state index is -4.79. The smallest absolute Gasteiger partial charge is 0.393 e. The molecule has 2 bridgehead atoms. The molecule has 11 nitrogen and oxygen atoms in total. The van der Waals surface area contributed by atoms with E-state index in [1.807, 2.05) is 13.0 Å². The molecular formula is C29H29ClF3N9O2. The highest BCUT2D eigenvalue weighted by Gasteiger charge is 2.32. The normalized spacial score (nSPS) is 17.7. The lowest BCUT2D eigenvalue weighted by molar-refractivity contribution is -0.119. The first kappa shape index (κ1) is 30.8. The third-order valence-electron chi connectivity index (χ3n) is 7.43. The first-order chi connectivity index (χ1) is 20.8. The fourth-order valence-electron chi connectivity index (χ4n) is 5.11. The van der Waals surface area contributed by atoms with Crippen LogP contribution < -0.4 is 27.5 Å². The Hall–Kier alpha value is -4.69. The number of hydrogen-bond acceptors (Lipinski definition) is 8. The number of rotatable bonds is 4. The van der Waals surface area contributed by atoms with Gasteiger partial charge in [-0.3, -0.25) is 24.3 Å². The van der Waals surface area contributed by atoms with Crippen LogP contribution in [0.25, 0.3) is 22.4 Å². The maximum absolute atomic E-state index is 13.6. The molecule has 15 heteroatoms. The number of amides is 1. The first-order valence-electron chi connectivity index (χ1n) is 13.6. The van der Waals surface area contributed by atoms with Crippen LogP contribution in [0.15, 0.2) is 71.7 Å². The molecule has 0 fully saturated rings. The summed E-state index contributed by atoms with van der Waals surface area (Å²) in [6, 6.07) is 8.68. The molecule has 0 saturated heterocycles. The van der Waals surface area contributed by atoms with Crippen molar-refractivity contribution in [2.75, 3.05) is 10.3 Å². The van der Waals surface area contributed by atoms with E-state index in [2.05, 4.69) is 20.5 Å². The van der Waals surface area contributed by atoms with Gasteiger partial charge in [0.1, 0.15) is 5.70 Å². The van der Waals surface area contributed by atoms with Crippen LogP contribution in [-0.4, -0.2) is 36.6 Å². The second-order valence-electron chi connectivity index (χ2n) is 10.5. The quantitative estimate of drug-likeness (QED) is 0.217. The summed E-state index contributed by atoms with van der Waals surface area (Å²) in [5.41, 5.74) is 6.50. The number of aromatic nitrogens is 5. The van der Waals surface area contributed by atoms with Crippen molar-refractivity contribution in [1.82, 2.24) is 24.5 Å². The van der Waals surface area contributed by atoms with Gasteiger partial charge in [-0.2, -0.15) is 23.4 Å². The molecular weight excluding hydrogens is 599 g/mol. The highest BCUT2D eigenvalue weighted by atomic mass is 35.5. The number of nitrogens with two attached hydrogens (primary N) is 2. The van der Waals surface area contributed by atoms with Crippen molar-refractivity contribution in [1.29, 1.82) is 0 Å². The summed E-state index contributed by atoms with van der Waals surface area (Å²) in [6.45, 7) is 1.84. The maximum Gasteiger partial charge on any atom is 0.432 e. The molecule has 1 aliphatic heterocycles. The van der Waals surface area contributed by atoms with Crippen LogP contribution in [0.4, 0.5) is 24.5 Å². The Labute approximate surface area is 254 Å². The van der Waals surface area contributed by atoms with Gasteiger partial charge in [-0.25, -0.2) is 10.5 Å². The van der Waals surface area contributed by atoms with Gasteiger partial charge >= 0.3 is 6.18 Å². The molecule has 44 heavy (non-hydrogen) atoms. The van der Waals surface area contributed by atoms with Crippen LogP contribution in [0.2, 0.25) is 5.02 Å². The standard InChI is InChI=1S/C29H29ClF3N9O2/c1-16-4-3-5-24(21-10-17(8-9-36-21)27-22(39-28(16)44)14-37-40(27)2)42-26(43)11-18(13-38-42)20-12-19(30)6-7-23(20)41(35)15-25(34)29(31,32)33/h6-16,24H,3-5,34-35H2,1-2H3,(H,39,44)/b25-15-. The van der Waals surface area contributed by atoms with E-state index in [-0.39, 0.29) is 33.7 Å². The predicted molar refractivity (Wildman–Crippen MR) is 160 cm³/mol. The summed E-state index contributed by atoms with van der Waals surface area (Å²) >= 11 is 6.20. The number of halogens is 4. The van der Waals surface area contributed by atoms with Crippen molar-refractivity contribution in [2.45, 2.75) is 38.4 Å². The molecule has 5 N–H and O–H groups in total. The highest BCUT2D eigenvalue weighted by molar-refractivity contribution is 6.31. The lowest BCUT2D eigenvalue weighted by atomic mass is 9.97. The Balaban J connectivity index is 1.57. The van der Waals surface area contributed by atoms with Crippen molar-refractivity contribution in [3.63, 3.8) is 0 Å². The zero-order valence-electron chi connectivity index (χ0n) is 23.7. The van der Waals surface area contributed by atoms with Crippen molar-refractivity contribution in [3.05, 3.63) is 88.0 Å². The van der Waals surface area contributed by atoms with Crippen molar-refractivity contribution < 1.29 is 18.0 Å². The second kappa shape index (κ2) is 12.1. The highest BCUT2D eigenvalue weighted by Crippen LogP contribution is 2.34. The SMILES string of the molecule is CC1CCCC(n2ncc(-c3cc(Cl)ccc3N(N)/C=C(\N)C(F)(F)F)cc2=O)c2cc(ccn2)-c2c(cnn2C)NC1=O. The van der Waals surface area contributed by atoms with Gasteiger partial charge in [0.2, 0.25) is 5.91 Å². The number of carbonyl (C=O) groups is 1. The van der Waals surface area contributed by atoms with Gasteiger partial charge in [0, 0.05) is 53.1 Å². The molecule has 0 saturated carbocycles. The summed E-state index contributed by atoms with van der Waals surface area (Å²) in [5, 5.41) is 12.7. The van der Waals surface area contributed by atoms with Gasteiger partial charge in [0.15, 0.2) is 0 Å². The lowest BCUT2D eigenvalue weighted by Gasteiger charge is -2.22. The van der Waals surface area contributed by atoms with Gasteiger partial charge in [0.25, 0.3) is 5.56 Å². The third kappa shape index (κ3) is 6.31. The average Bonchev–Trinajstić information content (AvgIpc) is 3.33. The molecule has 2 atom stereocenters. The van der Waals surface area contributed by atoms with Crippen LogP contribution in [0, 0.1) is 5.92 Å². The third-order valence-corrected chi connectivity index (χ3v) is 7.66. The van der Waals surface area contributed by atoms with Gasteiger partial charge in [-0.05, 0) is 43.2 Å². The fraction of sp³-hybridized carbons (Fsp3) is 0.276. The lowest BCUT2D eigenvalue weighted by Crippen LogP contribution is -2.31. The number of aryl methyl sites for hydroxylation is 1. The first-order valence-corrected chi connectivity index (χ1v) is 14.0. The summed E-state index contributed by atoms with van der Waals surface area (Å²) < 4.78 is 42.1. The largest absolute Gasteiger partial charge is 0.432 e. The van der Waals surface area contributed by atoms with Crippen molar-refractivity contribution in [3.8, 4) is 22.4 Å². The van der Waals surface area contributed by atoms with E-state index in [4.69, 9.17) is 23.2 Å². The number of carbonyl (C=O) groups excluding carboxylic acids is 1. The Kier molecular flexibility index (Phi) is 8.48. The summed E-state index contributed by atoms with van der Waals surface area (Å²) in [6.07, 6.45) is 1.98. The number of hydrazine groups is 1. The number of anilines is 2. The van der Waals surface area contributed by atoms with Gasteiger partial charge in [-0.15, -0.1) is 0 Å². The number of nitrogens with zero attached hydrogens (tertiary/aromatic N) is 6. The molecule has 230 valence electrons. The Bertz CT molecular complexity index is 1800. The van der Waals surface area contributed by atoms with Crippen LogP contribution >= 0.6 is 11.6 Å². The molecule has 4 heterocycles. The van der Waals surface area contributed by atoms with E-state index < -0.39 is 23.5 Å². The van der Waals surface area contributed by atoms with Crippen LogP contribution in [-0.2, 0) is 11.8 Å². The molecule has 0 radical (unpaired) electrons. The fourth-order valence-corrected chi connectivity index (χ4v) is 5.28. The summed E-state index contributed by atoms with van der Waals surface area (Å²) in [7, 11) is 1.77. The zero-order valence-corrected chi connectivity index (χ0v) is 24.5. The summed E-state index contributed by atoms with van der Waals surface area (Å²) in [5.74, 6) is 5.49. The van der Waals surface area contributed by atoms with Crippen molar-refractivity contribution >= 4 is 28.9 Å². The van der Waals surface area contributed by atoms with Crippen molar-refractivity contribution in [2.24, 2.45) is 24.5 Å². The molecule has 1 amide bonds. The molecule has 5 rings (SSSR count). The maximum atomic E-state index is 13.6. The number of pyridine rings is 1. The number of benzene rings is 1. The minimum absolute atomic E-state index is 0.111. The molecule has 2 unspecified atom stereocenters. The topological polar surface area (TPSA) is 150 Å². The second-order valence-corrected chi connectivity index (χ2v) is 11.0. The Morgan fingerprint density at radius 3 is 2.61 bits per heavy atom.